The Kier molecular flexibility index (Phi) is 5.03. The lowest BCUT2D eigenvalue weighted by atomic mass is 10.1. The molecule has 2 aromatic carbocycles. The number of rotatable bonds is 4. The van der Waals surface area contributed by atoms with E-state index in [-0.39, 0.29) is 16.5 Å². The summed E-state index contributed by atoms with van der Waals surface area (Å²) in [5.74, 6) is -0.147. The number of amides is 1. The lowest BCUT2D eigenvalue weighted by Crippen LogP contribution is -2.36. The molecule has 2 heterocycles. The van der Waals surface area contributed by atoms with Gasteiger partial charge >= 0.3 is 0 Å². The van der Waals surface area contributed by atoms with Crippen LogP contribution >= 0.6 is 11.7 Å². The number of hydrogen-bond donors (Lipinski definition) is 1. The van der Waals surface area contributed by atoms with Crippen molar-refractivity contribution in [2.45, 2.75) is 31.1 Å². The number of aryl methyl sites for hydroxylation is 1. The van der Waals surface area contributed by atoms with Crippen LogP contribution in [0, 0.1) is 6.92 Å². The van der Waals surface area contributed by atoms with Crippen LogP contribution in [0.4, 0.5) is 5.69 Å². The largest absolute Gasteiger partial charge is 0.339 e. The van der Waals surface area contributed by atoms with Gasteiger partial charge in [-0.1, -0.05) is 12.1 Å². The first kappa shape index (κ1) is 18.8. The van der Waals surface area contributed by atoms with Crippen LogP contribution in [-0.4, -0.2) is 41.1 Å². The van der Waals surface area contributed by atoms with E-state index in [1.807, 2.05) is 13.0 Å². The summed E-state index contributed by atoms with van der Waals surface area (Å²) in [5, 5.41) is 0. The molecule has 1 saturated heterocycles. The van der Waals surface area contributed by atoms with Gasteiger partial charge in [-0.25, -0.2) is 8.42 Å². The molecule has 0 aliphatic carbocycles. The van der Waals surface area contributed by atoms with Crippen LogP contribution in [0.2, 0.25) is 0 Å². The van der Waals surface area contributed by atoms with Crippen molar-refractivity contribution in [3.8, 4) is 0 Å². The molecule has 9 heteroatoms. The third kappa shape index (κ3) is 3.59. The van der Waals surface area contributed by atoms with Crippen molar-refractivity contribution in [2.75, 3.05) is 17.8 Å². The van der Waals surface area contributed by atoms with Crippen molar-refractivity contribution in [1.29, 1.82) is 0 Å². The van der Waals surface area contributed by atoms with Gasteiger partial charge in [0.15, 0.2) is 0 Å². The van der Waals surface area contributed by atoms with Crippen molar-refractivity contribution in [3.63, 3.8) is 0 Å². The number of nitrogens with zero attached hydrogens (tertiary/aromatic N) is 3. The summed E-state index contributed by atoms with van der Waals surface area (Å²) < 4.78 is 37.0. The highest BCUT2D eigenvalue weighted by Crippen LogP contribution is 2.27. The molecule has 1 fully saturated rings. The summed E-state index contributed by atoms with van der Waals surface area (Å²) in [5.41, 5.74) is 2.37. The van der Waals surface area contributed by atoms with E-state index in [0.717, 1.165) is 36.6 Å². The Bertz CT molecular complexity index is 1140. The number of fused-ring (bicyclic) bond motifs is 1. The van der Waals surface area contributed by atoms with Gasteiger partial charge in [0.05, 0.1) is 23.0 Å². The van der Waals surface area contributed by atoms with Crippen LogP contribution in [0.25, 0.3) is 11.0 Å². The number of anilines is 1. The third-order valence-electron chi connectivity index (χ3n) is 4.83. The quantitative estimate of drug-likeness (QED) is 0.703. The molecule has 3 aromatic rings. The van der Waals surface area contributed by atoms with Gasteiger partial charge in [0.1, 0.15) is 15.9 Å². The van der Waals surface area contributed by atoms with Crippen LogP contribution in [0.5, 0.6) is 0 Å². The molecule has 1 N–H and O–H groups in total. The van der Waals surface area contributed by atoms with Crippen molar-refractivity contribution in [2.24, 2.45) is 0 Å². The number of benzene rings is 2. The first-order chi connectivity index (χ1) is 13.5. The van der Waals surface area contributed by atoms with Gasteiger partial charge < -0.3 is 4.90 Å². The first-order valence-corrected chi connectivity index (χ1v) is 11.3. The number of aromatic nitrogens is 2. The van der Waals surface area contributed by atoms with Crippen LogP contribution in [0.15, 0.2) is 41.3 Å². The maximum atomic E-state index is 13.1. The number of piperidine rings is 1. The minimum absolute atomic E-state index is 0.0524. The Morgan fingerprint density at radius 3 is 2.68 bits per heavy atom. The van der Waals surface area contributed by atoms with Crippen molar-refractivity contribution >= 4 is 44.4 Å². The SMILES string of the molecule is Cc1ccc(C(=O)N2CCCCC2)c(NS(=O)(=O)c2cccc3nsnc23)c1. The smallest absolute Gasteiger partial charge is 0.264 e. The zero-order valence-corrected chi connectivity index (χ0v) is 17.0. The highest BCUT2D eigenvalue weighted by Gasteiger charge is 2.25. The minimum atomic E-state index is -3.93. The topological polar surface area (TPSA) is 92.3 Å². The first-order valence-electron chi connectivity index (χ1n) is 9.10. The number of sulfonamides is 1. The van der Waals surface area contributed by atoms with Crippen molar-refractivity contribution in [1.82, 2.24) is 13.6 Å². The number of carbonyl (C=O) groups is 1. The van der Waals surface area contributed by atoms with E-state index in [0.29, 0.717) is 29.7 Å². The van der Waals surface area contributed by atoms with Gasteiger partial charge in [0.25, 0.3) is 15.9 Å². The molecule has 28 heavy (non-hydrogen) atoms. The van der Waals surface area contributed by atoms with E-state index in [9.17, 15) is 13.2 Å². The summed E-state index contributed by atoms with van der Waals surface area (Å²) in [6.07, 6.45) is 3.05. The molecule has 1 aliphatic heterocycles. The molecule has 4 rings (SSSR count). The zero-order chi connectivity index (χ0) is 19.7. The lowest BCUT2D eigenvalue weighted by Gasteiger charge is -2.27. The van der Waals surface area contributed by atoms with E-state index in [1.54, 1.807) is 29.2 Å². The highest BCUT2D eigenvalue weighted by molar-refractivity contribution is 7.93. The normalized spacial score (nSPS) is 15.0. The highest BCUT2D eigenvalue weighted by atomic mass is 32.2. The number of hydrogen-bond acceptors (Lipinski definition) is 6. The van der Waals surface area contributed by atoms with Gasteiger partial charge in [0.2, 0.25) is 0 Å². The minimum Gasteiger partial charge on any atom is -0.339 e. The van der Waals surface area contributed by atoms with E-state index in [4.69, 9.17) is 0 Å². The van der Waals surface area contributed by atoms with E-state index in [2.05, 4.69) is 13.5 Å². The molecular weight excluding hydrogens is 396 g/mol. The summed E-state index contributed by atoms with van der Waals surface area (Å²) in [7, 11) is -3.93. The second-order valence-electron chi connectivity index (χ2n) is 6.90. The Balaban J connectivity index is 1.72. The Morgan fingerprint density at radius 2 is 1.89 bits per heavy atom. The van der Waals surface area contributed by atoms with E-state index in [1.165, 1.54) is 6.07 Å². The van der Waals surface area contributed by atoms with E-state index >= 15 is 0 Å². The fraction of sp³-hybridized carbons (Fsp3) is 0.316. The molecule has 146 valence electrons. The Labute approximate surface area is 167 Å². The zero-order valence-electron chi connectivity index (χ0n) is 15.4. The van der Waals surface area contributed by atoms with Gasteiger partial charge in [-0.15, -0.1) is 0 Å². The lowest BCUT2D eigenvalue weighted by molar-refractivity contribution is 0.0725. The summed E-state index contributed by atoms with van der Waals surface area (Å²) in [6.45, 7) is 3.25. The number of nitrogens with one attached hydrogen (secondary N) is 1. The molecular formula is C19H20N4O3S2. The molecule has 0 spiro atoms. The van der Waals surface area contributed by atoms with Crippen LogP contribution < -0.4 is 4.72 Å². The predicted molar refractivity (Wildman–Crippen MR) is 109 cm³/mol. The molecule has 1 aromatic heterocycles. The van der Waals surface area contributed by atoms with Crippen LogP contribution in [0.1, 0.15) is 35.2 Å². The van der Waals surface area contributed by atoms with Crippen LogP contribution in [0.3, 0.4) is 0 Å². The predicted octanol–water partition coefficient (Wildman–Crippen LogP) is 3.43. The van der Waals surface area contributed by atoms with Crippen molar-refractivity contribution < 1.29 is 13.2 Å². The third-order valence-corrected chi connectivity index (χ3v) is 6.77. The summed E-state index contributed by atoms with van der Waals surface area (Å²) in [6, 6.07) is 10.0. The van der Waals surface area contributed by atoms with E-state index < -0.39 is 10.0 Å². The summed E-state index contributed by atoms with van der Waals surface area (Å²) >= 11 is 0.966. The number of likely N-dealkylation sites (tertiary alicyclic amines) is 1. The standard InChI is InChI=1S/C19H20N4O3S2/c1-13-8-9-14(19(24)23-10-3-2-4-11-23)16(12-13)22-28(25,26)17-7-5-6-15-18(17)21-27-20-15/h5-9,12,22H,2-4,10-11H2,1H3. The Morgan fingerprint density at radius 1 is 1.11 bits per heavy atom. The Hall–Kier alpha value is -2.52. The summed E-state index contributed by atoms with van der Waals surface area (Å²) in [4.78, 5) is 14.8. The number of carbonyl (C=O) groups excluding carboxylic acids is 1. The average Bonchev–Trinajstić information content (AvgIpc) is 3.16. The maximum Gasteiger partial charge on any atom is 0.264 e. The second kappa shape index (κ2) is 7.48. The van der Waals surface area contributed by atoms with Gasteiger partial charge in [-0.3, -0.25) is 9.52 Å². The molecule has 1 aliphatic rings. The molecule has 7 nitrogen and oxygen atoms in total. The molecule has 1 amide bonds. The average molecular weight is 417 g/mol. The van der Waals surface area contributed by atoms with Gasteiger partial charge in [0, 0.05) is 13.1 Å². The fourth-order valence-electron chi connectivity index (χ4n) is 3.39. The monoisotopic (exact) mass is 416 g/mol. The second-order valence-corrected chi connectivity index (χ2v) is 9.07. The van der Waals surface area contributed by atoms with Crippen molar-refractivity contribution in [3.05, 3.63) is 47.5 Å². The molecule has 0 bridgehead atoms. The molecule has 0 saturated carbocycles. The molecule has 0 atom stereocenters. The molecule has 0 radical (unpaired) electrons. The molecule has 0 unspecified atom stereocenters. The van der Waals surface area contributed by atoms with Gasteiger partial charge in [-0.2, -0.15) is 8.75 Å². The van der Waals surface area contributed by atoms with Crippen LogP contribution in [-0.2, 0) is 10.0 Å². The maximum absolute atomic E-state index is 13.1. The fourth-order valence-corrected chi connectivity index (χ4v) is 5.23. The van der Waals surface area contributed by atoms with Gasteiger partial charge in [-0.05, 0) is 56.0 Å².